The van der Waals surface area contributed by atoms with Crippen LogP contribution in [-0.2, 0) is 68.3 Å². The molecule has 2 radical (unpaired) electrons. The van der Waals surface area contributed by atoms with E-state index in [1.54, 1.807) is 12.1 Å². The van der Waals surface area contributed by atoms with Crippen LogP contribution in [0.2, 0.25) is 0 Å². The van der Waals surface area contributed by atoms with Crippen LogP contribution in [0.15, 0.2) is 24.3 Å². The first-order valence-corrected chi connectivity index (χ1v) is 20.0. The molecule has 0 aromatic heterocycles. The van der Waals surface area contributed by atoms with Crippen LogP contribution in [0.1, 0.15) is 44.1 Å². The molecule has 338 valence electrons. The number of ether oxygens (including phenoxy) is 8. The molecule has 2 rings (SSSR count). The lowest BCUT2D eigenvalue weighted by Crippen LogP contribution is -2.58. The summed E-state index contributed by atoms with van der Waals surface area (Å²) in [7, 11) is 5.12. The van der Waals surface area contributed by atoms with Crippen molar-refractivity contribution in [3.8, 4) is 5.75 Å². The monoisotopic (exact) mass is 855 g/mol. The van der Waals surface area contributed by atoms with Crippen molar-refractivity contribution in [3.63, 3.8) is 0 Å². The molecule has 1 aliphatic rings. The molecule has 4 atom stereocenters. The van der Waals surface area contributed by atoms with E-state index in [1.165, 1.54) is 0 Å². The van der Waals surface area contributed by atoms with Crippen molar-refractivity contribution >= 4 is 38.3 Å². The van der Waals surface area contributed by atoms with Crippen molar-refractivity contribution in [3.05, 3.63) is 29.8 Å². The molecule has 3 amide bonds. The first kappa shape index (κ1) is 52.5. The maximum atomic E-state index is 13.1. The number of benzene rings is 1. The summed E-state index contributed by atoms with van der Waals surface area (Å²) < 4.78 is 49.2. The van der Waals surface area contributed by atoms with Gasteiger partial charge >= 0.3 is 8.05 Å². The van der Waals surface area contributed by atoms with Crippen molar-refractivity contribution in [1.82, 2.24) is 16.0 Å². The zero-order chi connectivity index (χ0) is 43.7. The quantitative estimate of drug-likeness (QED) is 0.0242. The van der Waals surface area contributed by atoms with Crippen molar-refractivity contribution in [2.24, 2.45) is 0 Å². The molecule has 1 fully saturated rings. The van der Waals surface area contributed by atoms with Gasteiger partial charge in [0.1, 0.15) is 30.3 Å². The minimum Gasteiger partial charge on any atom is -0.568 e. The Kier molecular flexibility index (Phi) is 29.0. The number of carbonyl (C=O) groups excluding carboxylic acids is 5. The maximum Gasteiger partial charge on any atom is 0.374 e. The van der Waals surface area contributed by atoms with Gasteiger partial charge in [0.25, 0.3) is 0 Å². The van der Waals surface area contributed by atoms with Gasteiger partial charge in [0.05, 0.1) is 104 Å². The van der Waals surface area contributed by atoms with Crippen LogP contribution in [0.4, 0.5) is 0 Å². The summed E-state index contributed by atoms with van der Waals surface area (Å²) in [5.41, 5.74) is -0.236. The van der Waals surface area contributed by atoms with Crippen LogP contribution in [-0.4, -0.2) is 189 Å². The Hall–Kier alpha value is -3.61. The fourth-order valence-electron chi connectivity index (χ4n) is 5.52. The van der Waals surface area contributed by atoms with Crippen LogP contribution in [0.5, 0.6) is 5.75 Å². The van der Waals surface area contributed by atoms with Crippen LogP contribution in [0.25, 0.3) is 0 Å². The molecule has 1 heterocycles. The summed E-state index contributed by atoms with van der Waals surface area (Å²) in [5, 5.41) is 37.3. The molecule has 21 heteroatoms. The summed E-state index contributed by atoms with van der Waals surface area (Å²) in [5.74, 6) is -0.278. The number of aliphatic hydroxyl groups excluding tert-OH is 3. The topological polar surface area (TPSA) is 265 Å². The number of aldehydes is 2. The predicted molar refractivity (Wildman–Crippen MR) is 212 cm³/mol. The Morgan fingerprint density at radius 2 is 1.25 bits per heavy atom. The van der Waals surface area contributed by atoms with Gasteiger partial charge in [0.2, 0.25) is 17.7 Å². The third-order valence-electron chi connectivity index (χ3n) is 8.70. The number of nitrogens with one attached hydrogen (secondary N) is 3. The number of amides is 3. The van der Waals surface area contributed by atoms with E-state index in [0.717, 1.165) is 5.56 Å². The van der Waals surface area contributed by atoms with Crippen LogP contribution in [0, 0.1) is 0 Å². The molecule has 0 spiro atoms. The van der Waals surface area contributed by atoms with Gasteiger partial charge in [-0.05, 0) is 24.1 Å². The second kappa shape index (κ2) is 33.1. The lowest BCUT2D eigenvalue weighted by atomic mass is 10.0. The summed E-state index contributed by atoms with van der Waals surface area (Å²) in [6, 6.07) is 7.14. The highest BCUT2D eigenvalue weighted by atomic mass is 16.7. The zero-order valence-electron chi connectivity index (χ0n) is 34.2. The summed E-state index contributed by atoms with van der Waals surface area (Å²) in [6.07, 6.45) is -1.44. The summed E-state index contributed by atoms with van der Waals surface area (Å²) >= 11 is 0. The van der Waals surface area contributed by atoms with Crippen LogP contribution in [0.3, 0.4) is 0 Å². The van der Waals surface area contributed by atoms with Gasteiger partial charge in [-0.3, -0.25) is 14.4 Å². The van der Waals surface area contributed by atoms with Gasteiger partial charge < -0.3 is 83.4 Å². The number of aryl methyl sites for hydroxylation is 1. The average Bonchev–Trinajstić information content (AvgIpc) is 3.25. The highest BCUT2D eigenvalue weighted by Crippen LogP contribution is 2.21. The molecule has 1 saturated heterocycles. The molecule has 6 N–H and O–H groups in total. The molecule has 1 aromatic rings. The Bertz CT molecular complexity index is 1320. The third kappa shape index (κ3) is 24.0. The molecular formula is C39H62BN3O17. The minimum atomic E-state index is -1.22. The Labute approximate surface area is 352 Å². The van der Waals surface area contributed by atoms with E-state index in [9.17, 15) is 39.3 Å². The fraction of sp³-hybridized carbons (Fsp3) is 0.718. The standard InChI is InChI=1S/C39H62BN3O17/c40-60-31-6-3-30(4-7-31)5-8-34(48)41-11-19-53-22-21-52-17-10-36(50)43-39(27-55-15-1-13-44,28-56-16-2-14-45)29-57-18-9-35(49)42-12-20-54-23-24-58-37-25-32(47)38(51)33(26-46)59-37/h3-4,6-7,13-14,32-33,37-38,46-47,51H,1-2,5,8-12,15-29H2,(H,41,48)(H,42,49)(H,43,50). The molecular weight excluding hydrogens is 793 g/mol. The second-order valence-corrected chi connectivity index (χ2v) is 13.6. The van der Waals surface area contributed by atoms with Crippen molar-refractivity contribution < 1.29 is 81.8 Å². The maximum absolute atomic E-state index is 13.1. The number of hydrogen-bond donors (Lipinski definition) is 6. The summed E-state index contributed by atoms with van der Waals surface area (Å²) in [6.45, 7) is 1.28. The number of rotatable bonds is 37. The first-order valence-electron chi connectivity index (χ1n) is 20.0. The molecule has 0 saturated carbocycles. The predicted octanol–water partition coefficient (Wildman–Crippen LogP) is -1.93. The van der Waals surface area contributed by atoms with Gasteiger partial charge in [-0.1, -0.05) is 12.1 Å². The van der Waals surface area contributed by atoms with E-state index in [0.29, 0.717) is 37.7 Å². The highest BCUT2D eigenvalue weighted by molar-refractivity contribution is 5.99. The van der Waals surface area contributed by atoms with Gasteiger partial charge in [-0.25, -0.2) is 0 Å². The van der Waals surface area contributed by atoms with Crippen LogP contribution < -0.4 is 20.6 Å². The van der Waals surface area contributed by atoms with Gasteiger partial charge in [-0.15, -0.1) is 0 Å². The number of aliphatic hydroxyl groups is 3. The number of carbonyl (C=O) groups is 5. The van der Waals surface area contributed by atoms with E-state index in [1.807, 2.05) is 12.1 Å². The lowest BCUT2D eigenvalue weighted by Gasteiger charge is -2.35. The fourth-order valence-corrected chi connectivity index (χ4v) is 5.52. The Morgan fingerprint density at radius 3 is 1.83 bits per heavy atom. The van der Waals surface area contributed by atoms with Gasteiger partial charge in [0.15, 0.2) is 6.29 Å². The zero-order valence-corrected chi connectivity index (χ0v) is 34.2. The highest BCUT2D eigenvalue weighted by Gasteiger charge is 2.37. The molecule has 0 bridgehead atoms. The molecule has 0 aliphatic carbocycles. The Morgan fingerprint density at radius 1 is 0.717 bits per heavy atom. The summed E-state index contributed by atoms with van der Waals surface area (Å²) in [4.78, 5) is 59.3. The van der Waals surface area contributed by atoms with Crippen molar-refractivity contribution in [2.45, 2.75) is 75.1 Å². The van der Waals surface area contributed by atoms with Gasteiger partial charge in [-0.2, -0.15) is 0 Å². The van der Waals surface area contributed by atoms with Crippen molar-refractivity contribution in [2.75, 3.05) is 106 Å². The van der Waals surface area contributed by atoms with E-state index in [-0.39, 0.29) is 136 Å². The second-order valence-electron chi connectivity index (χ2n) is 13.6. The third-order valence-corrected chi connectivity index (χ3v) is 8.70. The Balaban J connectivity index is 1.67. The molecule has 1 aliphatic heterocycles. The SMILES string of the molecule is [B]Oc1ccc(CCC(=O)NCCOCCOCCC(=O)NC(COCCC=O)(COCCC=O)COCCC(=O)NCCOCCOC2CC(O)C(O)C(CO)O2)cc1. The normalized spacial score (nSPS) is 17.8. The minimum absolute atomic E-state index is 0.00595. The van der Waals surface area contributed by atoms with Crippen LogP contribution >= 0.6 is 0 Å². The van der Waals surface area contributed by atoms with E-state index in [2.05, 4.69) is 20.6 Å². The molecule has 1 aromatic carbocycles. The van der Waals surface area contributed by atoms with E-state index < -0.39 is 42.7 Å². The molecule has 60 heavy (non-hydrogen) atoms. The first-order chi connectivity index (χ1) is 29.1. The smallest absolute Gasteiger partial charge is 0.374 e. The average molecular weight is 856 g/mol. The van der Waals surface area contributed by atoms with E-state index >= 15 is 0 Å². The number of hydrogen-bond acceptors (Lipinski definition) is 17. The lowest BCUT2D eigenvalue weighted by molar-refractivity contribution is -0.258. The molecule has 20 nitrogen and oxygen atoms in total. The largest absolute Gasteiger partial charge is 0.568 e. The van der Waals surface area contributed by atoms with Gasteiger partial charge in [0, 0.05) is 51.6 Å². The van der Waals surface area contributed by atoms with Crippen molar-refractivity contribution in [1.29, 1.82) is 0 Å². The molecule has 4 unspecified atom stereocenters. The van der Waals surface area contributed by atoms with E-state index in [4.69, 9.17) is 45.9 Å².